The van der Waals surface area contributed by atoms with E-state index >= 15 is 0 Å². The molecule has 0 bridgehead atoms. The molecule has 6 nitrogen and oxygen atoms in total. The van der Waals surface area contributed by atoms with Gasteiger partial charge in [-0.15, -0.1) is 0 Å². The molecule has 2 saturated carbocycles. The van der Waals surface area contributed by atoms with Gasteiger partial charge < -0.3 is 19.9 Å². The second kappa shape index (κ2) is 8.05. The summed E-state index contributed by atoms with van der Waals surface area (Å²) in [6, 6.07) is 0. The Morgan fingerprint density at radius 2 is 2.03 bits per heavy atom. The number of allylic oxidation sites excluding steroid dienone is 4. The van der Waals surface area contributed by atoms with Crippen LogP contribution in [0.2, 0.25) is 0 Å². The number of nitrogens with one attached hydrogen (secondary N) is 1. The Kier molecular flexibility index (Phi) is 5.81. The molecule has 4 rings (SSSR count). The average molecular weight is 444 g/mol. The monoisotopic (exact) mass is 443 g/mol. The molecule has 0 saturated heterocycles. The van der Waals surface area contributed by atoms with Gasteiger partial charge >= 0.3 is 5.97 Å². The van der Waals surface area contributed by atoms with E-state index in [4.69, 9.17) is 9.47 Å². The lowest BCUT2D eigenvalue weighted by Crippen LogP contribution is -2.61. The van der Waals surface area contributed by atoms with Gasteiger partial charge in [0.15, 0.2) is 0 Å². The number of methoxy groups -OCH3 is 1. The fraction of sp³-hybridized carbons (Fsp3) is 0.692. The summed E-state index contributed by atoms with van der Waals surface area (Å²) in [4.78, 5) is 24.1. The molecule has 0 radical (unpaired) electrons. The Hall–Kier alpha value is -2.08. The van der Waals surface area contributed by atoms with E-state index in [0.717, 1.165) is 43.4 Å². The SMILES string of the molecule is CCOC(=O)/C(NC=O)=C1\C(C)C[C@H]2[C@@H]3CC=C4C=C(OC)CC[C@]4(C)[C@@]3(O)CC[C@]12C. The van der Waals surface area contributed by atoms with Crippen molar-refractivity contribution in [3.8, 4) is 0 Å². The number of ether oxygens (including phenoxy) is 2. The number of aliphatic hydroxyl groups is 1. The highest BCUT2D eigenvalue weighted by Gasteiger charge is 2.65. The Balaban J connectivity index is 1.77. The van der Waals surface area contributed by atoms with Crippen molar-refractivity contribution in [1.82, 2.24) is 5.32 Å². The maximum absolute atomic E-state index is 12.7. The molecule has 4 aliphatic rings. The number of fused-ring (bicyclic) bond motifs is 5. The third-order valence-electron chi connectivity index (χ3n) is 9.25. The molecule has 2 fully saturated rings. The normalized spacial score (nSPS) is 41.9. The zero-order valence-electron chi connectivity index (χ0n) is 20.0. The first-order valence-electron chi connectivity index (χ1n) is 12.0. The summed E-state index contributed by atoms with van der Waals surface area (Å²) in [5.74, 6) is 0.976. The van der Waals surface area contributed by atoms with E-state index < -0.39 is 11.6 Å². The quantitative estimate of drug-likeness (QED) is 0.381. The van der Waals surface area contributed by atoms with E-state index in [0.29, 0.717) is 18.5 Å². The van der Waals surface area contributed by atoms with Crippen LogP contribution in [0.5, 0.6) is 0 Å². The molecule has 32 heavy (non-hydrogen) atoms. The number of amides is 1. The van der Waals surface area contributed by atoms with Gasteiger partial charge in [0.05, 0.1) is 25.1 Å². The summed E-state index contributed by atoms with van der Waals surface area (Å²) in [6.07, 6.45) is 9.84. The minimum absolute atomic E-state index is 0.104. The van der Waals surface area contributed by atoms with Crippen LogP contribution < -0.4 is 5.32 Å². The first-order valence-corrected chi connectivity index (χ1v) is 12.0. The number of carbonyl (C=O) groups excluding carboxylic acids is 2. The van der Waals surface area contributed by atoms with Crippen molar-refractivity contribution < 1.29 is 24.2 Å². The molecule has 2 N–H and O–H groups in total. The Bertz CT molecular complexity index is 904. The predicted molar refractivity (Wildman–Crippen MR) is 121 cm³/mol. The topological polar surface area (TPSA) is 84.9 Å². The summed E-state index contributed by atoms with van der Waals surface area (Å²) >= 11 is 0. The minimum Gasteiger partial charge on any atom is -0.501 e. The van der Waals surface area contributed by atoms with E-state index in [9.17, 15) is 14.7 Å². The Labute approximate surface area is 191 Å². The van der Waals surface area contributed by atoms with Gasteiger partial charge in [-0.3, -0.25) is 4.79 Å². The zero-order chi connectivity index (χ0) is 23.3. The van der Waals surface area contributed by atoms with E-state index in [1.165, 1.54) is 5.57 Å². The van der Waals surface area contributed by atoms with Crippen LogP contribution in [0.1, 0.15) is 66.2 Å². The molecular weight excluding hydrogens is 406 g/mol. The molecule has 1 unspecified atom stereocenters. The van der Waals surface area contributed by atoms with Gasteiger partial charge in [-0.1, -0.05) is 26.8 Å². The van der Waals surface area contributed by atoms with Crippen LogP contribution in [0.15, 0.2) is 34.8 Å². The van der Waals surface area contributed by atoms with Gasteiger partial charge in [0.2, 0.25) is 6.41 Å². The molecule has 0 aromatic heterocycles. The van der Waals surface area contributed by atoms with Crippen LogP contribution in [0.4, 0.5) is 0 Å². The number of rotatable bonds is 5. The number of carbonyl (C=O) groups is 2. The van der Waals surface area contributed by atoms with E-state index in [1.807, 2.05) is 0 Å². The van der Waals surface area contributed by atoms with Gasteiger partial charge in [-0.2, -0.15) is 0 Å². The fourth-order valence-electron chi connectivity index (χ4n) is 7.59. The first-order chi connectivity index (χ1) is 15.2. The molecule has 0 heterocycles. The van der Waals surface area contributed by atoms with Crippen molar-refractivity contribution in [2.75, 3.05) is 13.7 Å². The van der Waals surface area contributed by atoms with Crippen LogP contribution in [0.3, 0.4) is 0 Å². The number of esters is 1. The fourth-order valence-corrected chi connectivity index (χ4v) is 7.59. The lowest BCUT2D eigenvalue weighted by atomic mass is 9.46. The van der Waals surface area contributed by atoms with Crippen LogP contribution in [0.25, 0.3) is 0 Å². The molecule has 0 aromatic rings. The lowest BCUT2D eigenvalue weighted by molar-refractivity contribution is -0.172. The molecule has 0 aromatic carbocycles. The van der Waals surface area contributed by atoms with Crippen LogP contribution >= 0.6 is 0 Å². The van der Waals surface area contributed by atoms with Crippen molar-refractivity contribution in [2.45, 2.75) is 71.8 Å². The van der Waals surface area contributed by atoms with Gasteiger partial charge in [0.25, 0.3) is 0 Å². The summed E-state index contributed by atoms with van der Waals surface area (Å²) in [5.41, 5.74) is 1.11. The Morgan fingerprint density at radius 1 is 1.28 bits per heavy atom. The van der Waals surface area contributed by atoms with Crippen molar-refractivity contribution in [3.63, 3.8) is 0 Å². The van der Waals surface area contributed by atoms with Crippen LogP contribution in [0, 0.1) is 28.6 Å². The minimum atomic E-state index is -0.797. The van der Waals surface area contributed by atoms with E-state index in [2.05, 4.69) is 38.2 Å². The molecular formula is C26H37NO5. The molecule has 6 heteroatoms. The van der Waals surface area contributed by atoms with Gasteiger partial charge in [0.1, 0.15) is 5.70 Å². The summed E-state index contributed by atoms with van der Waals surface area (Å²) in [5, 5.41) is 15.0. The van der Waals surface area contributed by atoms with Crippen LogP contribution in [-0.4, -0.2) is 36.8 Å². The highest BCUT2D eigenvalue weighted by atomic mass is 16.5. The third-order valence-corrected chi connectivity index (χ3v) is 9.25. The van der Waals surface area contributed by atoms with Crippen LogP contribution in [-0.2, 0) is 19.1 Å². The standard InChI is InChI=1S/C26H37NO5/c1-6-32-23(29)22(27-15-28)21-16(2)13-20-19-8-7-17-14-18(31-5)9-10-25(17,4)26(19,30)12-11-24(20,21)3/h7,14-16,19-20,30H,6,8-13H2,1-5H3,(H,27,28)/b22-21-/t16?,19-,20-,24-,25-,26+/m0/s1. The molecule has 176 valence electrons. The number of hydrogen-bond donors (Lipinski definition) is 2. The first kappa shape index (κ1) is 23.1. The lowest BCUT2D eigenvalue weighted by Gasteiger charge is -2.61. The Morgan fingerprint density at radius 3 is 2.69 bits per heavy atom. The summed E-state index contributed by atoms with van der Waals surface area (Å²) in [7, 11) is 1.71. The van der Waals surface area contributed by atoms with Crippen molar-refractivity contribution in [2.24, 2.45) is 28.6 Å². The number of hydrogen-bond acceptors (Lipinski definition) is 5. The molecule has 0 aliphatic heterocycles. The third kappa shape index (κ3) is 3.09. The summed E-state index contributed by atoms with van der Waals surface area (Å²) in [6.45, 7) is 8.58. The second-order valence-corrected chi connectivity index (χ2v) is 10.5. The van der Waals surface area contributed by atoms with Crippen molar-refractivity contribution in [3.05, 3.63) is 34.8 Å². The largest absolute Gasteiger partial charge is 0.501 e. The smallest absolute Gasteiger partial charge is 0.354 e. The van der Waals surface area contributed by atoms with E-state index in [-0.39, 0.29) is 35.2 Å². The molecule has 4 aliphatic carbocycles. The van der Waals surface area contributed by atoms with E-state index in [1.54, 1.807) is 14.0 Å². The average Bonchev–Trinajstić information content (AvgIpc) is 3.02. The predicted octanol–water partition coefficient (Wildman–Crippen LogP) is 4.01. The highest BCUT2D eigenvalue weighted by Crippen LogP contribution is 2.68. The second-order valence-electron chi connectivity index (χ2n) is 10.5. The van der Waals surface area contributed by atoms with Crippen molar-refractivity contribution >= 4 is 12.4 Å². The maximum Gasteiger partial charge on any atom is 0.354 e. The zero-order valence-corrected chi connectivity index (χ0v) is 20.0. The summed E-state index contributed by atoms with van der Waals surface area (Å²) < 4.78 is 10.8. The van der Waals surface area contributed by atoms with Gasteiger partial charge in [-0.25, -0.2) is 4.79 Å². The molecule has 6 atom stereocenters. The maximum atomic E-state index is 12.7. The van der Waals surface area contributed by atoms with Gasteiger partial charge in [-0.05, 0) is 79.4 Å². The van der Waals surface area contributed by atoms with Gasteiger partial charge in [0, 0.05) is 11.8 Å². The highest BCUT2D eigenvalue weighted by molar-refractivity contribution is 5.91. The molecule has 1 amide bonds. The molecule has 0 spiro atoms. The van der Waals surface area contributed by atoms with Crippen molar-refractivity contribution in [1.29, 1.82) is 0 Å².